The molecule has 2 aromatic heterocycles. The number of carbonyl (C=O) groups is 1. The fourth-order valence-electron chi connectivity index (χ4n) is 5.45. The van der Waals surface area contributed by atoms with E-state index in [1.54, 1.807) is 18.3 Å². The number of ether oxygens (including phenoxy) is 2. The van der Waals surface area contributed by atoms with Gasteiger partial charge >= 0.3 is 0 Å². The zero-order chi connectivity index (χ0) is 26.2. The normalized spacial score (nSPS) is 17.7. The molecule has 1 fully saturated rings. The summed E-state index contributed by atoms with van der Waals surface area (Å²) >= 11 is 0. The van der Waals surface area contributed by atoms with Crippen LogP contribution in [0.15, 0.2) is 61.1 Å². The van der Waals surface area contributed by atoms with Crippen LogP contribution in [0.3, 0.4) is 0 Å². The van der Waals surface area contributed by atoms with Gasteiger partial charge in [-0.1, -0.05) is 18.2 Å². The van der Waals surface area contributed by atoms with E-state index in [2.05, 4.69) is 33.5 Å². The minimum absolute atomic E-state index is 0.0129. The average molecular weight is 508 g/mol. The largest absolute Gasteiger partial charge is 0.491 e. The van der Waals surface area contributed by atoms with E-state index in [4.69, 9.17) is 9.47 Å². The highest BCUT2D eigenvalue weighted by Gasteiger charge is 2.25. The first-order valence-corrected chi connectivity index (χ1v) is 12.9. The minimum atomic E-state index is -0.0776. The highest BCUT2D eigenvalue weighted by atomic mass is 16.5. The van der Waals surface area contributed by atoms with Gasteiger partial charge in [-0.2, -0.15) is 5.26 Å². The molecule has 8 nitrogen and oxygen atoms in total. The first-order chi connectivity index (χ1) is 18.5. The molecule has 8 heteroatoms. The summed E-state index contributed by atoms with van der Waals surface area (Å²) in [7, 11) is 3.92. The van der Waals surface area contributed by atoms with Gasteiger partial charge in [0.25, 0.3) is 5.91 Å². The summed E-state index contributed by atoms with van der Waals surface area (Å²) in [5.41, 5.74) is 5.99. The predicted octanol–water partition coefficient (Wildman–Crippen LogP) is 4.62. The number of aromatic nitrogens is 2. The maximum Gasteiger partial charge on any atom is 0.264 e. The van der Waals surface area contributed by atoms with Crippen LogP contribution < -0.4 is 14.4 Å². The predicted molar refractivity (Wildman–Crippen MR) is 145 cm³/mol. The van der Waals surface area contributed by atoms with Crippen molar-refractivity contribution in [2.24, 2.45) is 5.92 Å². The highest BCUT2D eigenvalue weighted by molar-refractivity contribution is 5.98. The molecule has 1 unspecified atom stereocenters. The maximum absolute atomic E-state index is 12.1. The SMILES string of the molecule is CN1CCCC(COc2cc(-c3ccc(C#N)cc3)c(-c3ccc4c(c3)OCC(=O)N4C)n3cncc23)C1. The van der Waals surface area contributed by atoms with E-state index >= 15 is 0 Å². The van der Waals surface area contributed by atoms with E-state index in [1.807, 2.05) is 48.7 Å². The third-order valence-corrected chi connectivity index (χ3v) is 7.50. The Bertz CT molecular complexity index is 1550. The second-order valence-electron chi connectivity index (χ2n) is 10.1. The lowest BCUT2D eigenvalue weighted by molar-refractivity contribution is -0.120. The van der Waals surface area contributed by atoms with E-state index < -0.39 is 0 Å². The second kappa shape index (κ2) is 9.84. The number of likely N-dealkylation sites (tertiary alicyclic amines) is 1. The number of hydrogen-bond donors (Lipinski definition) is 0. The Balaban J connectivity index is 1.47. The van der Waals surface area contributed by atoms with Crippen molar-refractivity contribution < 1.29 is 14.3 Å². The van der Waals surface area contributed by atoms with Gasteiger partial charge in [-0.15, -0.1) is 0 Å². The van der Waals surface area contributed by atoms with E-state index in [0.717, 1.165) is 58.8 Å². The molecule has 2 aliphatic rings. The Labute approximate surface area is 221 Å². The van der Waals surface area contributed by atoms with E-state index in [-0.39, 0.29) is 12.5 Å². The van der Waals surface area contributed by atoms with Crippen molar-refractivity contribution in [2.75, 3.05) is 45.3 Å². The Hall–Kier alpha value is -4.35. The monoisotopic (exact) mass is 507 g/mol. The molecule has 4 aromatic rings. The molecule has 0 spiro atoms. The molecule has 1 atom stereocenters. The summed E-state index contributed by atoms with van der Waals surface area (Å²) < 4.78 is 14.3. The first-order valence-electron chi connectivity index (χ1n) is 12.9. The summed E-state index contributed by atoms with van der Waals surface area (Å²) in [5, 5.41) is 9.33. The van der Waals surface area contributed by atoms with Gasteiger partial charge in [0.05, 0.1) is 42.1 Å². The zero-order valence-corrected chi connectivity index (χ0v) is 21.6. The summed E-state index contributed by atoms with van der Waals surface area (Å²) in [6, 6.07) is 17.7. The number of benzene rings is 2. The van der Waals surface area contributed by atoms with Crippen LogP contribution in [0.2, 0.25) is 0 Å². The van der Waals surface area contributed by atoms with Crippen molar-refractivity contribution in [2.45, 2.75) is 12.8 Å². The van der Waals surface area contributed by atoms with Crippen molar-refractivity contribution in [3.05, 3.63) is 66.6 Å². The van der Waals surface area contributed by atoms with E-state index in [1.165, 1.54) is 6.42 Å². The fourth-order valence-corrected chi connectivity index (χ4v) is 5.45. The summed E-state index contributed by atoms with van der Waals surface area (Å²) in [6.07, 6.45) is 5.97. The number of hydrogen-bond acceptors (Lipinski definition) is 6. The Morgan fingerprint density at radius 1 is 1.13 bits per heavy atom. The van der Waals surface area contributed by atoms with Crippen LogP contribution in [0.1, 0.15) is 18.4 Å². The number of pyridine rings is 1. The van der Waals surface area contributed by atoms with Gasteiger partial charge in [0, 0.05) is 30.6 Å². The third-order valence-electron chi connectivity index (χ3n) is 7.50. The molecule has 0 radical (unpaired) electrons. The number of fused-ring (bicyclic) bond motifs is 2. The smallest absolute Gasteiger partial charge is 0.264 e. The van der Waals surface area contributed by atoms with Crippen LogP contribution in [0.4, 0.5) is 5.69 Å². The van der Waals surface area contributed by atoms with Crippen molar-refractivity contribution in [1.82, 2.24) is 14.3 Å². The minimum Gasteiger partial charge on any atom is -0.491 e. The molecule has 0 bridgehead atoms. The van der Waals surface area contributed by atoms with Crippen LogP contribution in [-0.2, 0) is 4.79 Å². The topological polar surface area (TPSA) is 83.1 Å². The Morgan fingerprint density at radius 3 is 2.74 bits per heavy atom. The molecule has 38 heavy (non-hydrogen) atoms. The van der Waals surface area contributed by atoms with Gasteiger partial charge in [-0.25, -0.2) is 4.98 Å². The number of imidazole rings is 1. The number of piperidine rings is 1. The Morgan fingerprint density at radius 2 is 1.95 bits per heavy atom. The van der Waals surface area contributed by atoms with Crippen molar-refractivity contribution in [3.63, 3.8) is 0 Å². The third kappa shape index (κ3) is 4.35. The van der Waals surface area contributed by atoms with Crippen LogP contribution in [0.5, 0.6) is 11.5 Å². The Kier molecular flexibility index (Phi) is 6.22. The zero-order valence-electron chi connectivity index (χ0n) is 21.6. The van der Waals surface area contributed by atoms with Crippen LogP contribution >= 0.6 is 0 Å². The van der Waals surface area contributed by atoms with Crippen molar-refractivity contribution in [3.8, 4) is 40.0 Å². The number of nitriles is 1. The lowest BCUT2D eigenvalue weighted by Crippen LogP contribution is -2.35. The fraction of sp³-hybridized carbons (Fsp3) is 0.300. The van der Waals surface area contributed by atoms with Gasteiger partial charge in [0.2, 0.25) is 0 Å². The molecule has 0 N–H and O–H groups in total. The molecular weight excluding hydrogens is 478 g/mol. The van der Waals surface area contributed by atoms with Crippen LogP contribution in [0, 0.1) is 17.2 Å². The first kappa shape index (κ1) is 24.0. The van der Waals surface area contributed by atoms with Crippen LogP contribution in [-0.4, -0.2) is 60.6 Å². The molecule has 0 saturated carbocycles. The maximum atomic E-state index is 12.1. The molecule has 6 rings (SSSR count). The molecule has 2 aromatic carbocycles. The number of likely N-dealkylation sites (N-methyl/N-ethyl adjacent to an activating group) is 1. The number of rotatable bonds is 5. The molecule has 1 amide bonds. The van der Waals surface area contributed by atoms with Crippen LogP contribution in [0.25, 0.3) is 27.9 Å². The summed E-state index contributed by atoms with van der Waals surface area (Å²) in [5.74, 6) is 1.84. The molecule has 1 saturated heterocycles. The van der Waals surface area contributed by atoms with Crippen molar-refractivity contribution in [1.29, 1.82) is 5.26 Å². The standard InChI is InChI=1S/C30H29N5O3/c1-33-11-3-4-21(16-33)17-37-28-13-24(22-7-5-20(14-31)6-8-22)30(35-19-32-15-26(28)35)23-9-10-25-27(12-23)38-18-29(36)34(25)2/h5-10,12-13,15,19,21H,3-4,11,16-18H2,1-2H3. The second-order valence-corrected chi connectivity index (χ2v) is 10.1. The van der Waals surface area contributed by atoms with Crippen molar-refractivity contribution >= 4 is 17.1 Å². The molecule has 2 aliphatic heterocycles. The van der Waals surface area contributed by atoms with Gasteiger partial charge < -0.3 is 19.3 Å². The van der Waals surface area contributed by atoms with E-state index in [9.17, 15) is 10.1 Å². The number of nitrogens with zero attached hydrogens (tertiary/aromatic N) is 5. The average Bonchev–Trinajstić information content (AvgIpc) is 3.43. The quantitative estimate of drug-likeness (QED) is 0.392. The van der Waals surface area contributed by atoms with Gasteiger partial charge in [-0.3, -0.25) is 9.20 Å². The number of carbonyl (C=O) groups excluding carboxylic acids is 1. The summed E-state index contributed by atoms with van der Waals surface area (Å²) in [6.45, 7) is 2.82. The number of anilines is 1. The molecule has 4 heterocycles. The summed E-state index contributed by atoms with van der Waals surface area (Å²) in [4.78, 5) is 20.6. The lowest BCUT2D eigenvalue weighted by atomic mass is 9.97. The van der Waals surface area contributed by atoms with Gasteiger partial charge in [0.15, 0.2) is 6.61 Å². The van der Waals surface area contributed by atoms with Gasteiger partial charge in [-0.05, 0) is 62.3 Å². The van der Waals surface area contributed by atoms with E-state index in [0.29, 0.717) is 23.8 Å². The number of amides is 1. The lowest BCUT2D eigenvalue weighted by Gasteiger charge is -2.29. The highest BCUT2D eigenvalue weighted by Crippen LogP contribution is 2.41. The van der Waals surface area contributed by atoms with Gasteiger partial charge in [0.1, 0.15) is 17.0 Å². The molecule has 192 valence electrons. The molecule has 0 aliphatic carbocycles. The molecular formula is C30H29N5O3.